The summed E-state index contributed by atoms with van der Waals surface area (Å²) in [4.78, 5) is 26.1. The van der Waals surface area contributed by atoms with E-state index in [1.165, 1.54) is 18.6 Å². The molecule has 0 amide bonds. The van der Waals surface area contributed by atoms with Gasteiger partial charge in [0.2, 0.25) is 5.56 Å². The molecule has 0 fully saturated rings. The molecular formula is C17H19NO2. The van der Waals surface area contributed by atoms with Gasteiger partial charge in [0.1, 0.15) is 0 Å². The number of carbonyl (C=O) groups is 1. The number of aromatic amines is 1. The summed E-state index contributed by atoms with van der Waals surface area (Å²) in [7, 11) is 0. The third-order valence-corrected chi connectivity index (χ3v) is 3.41. The lowest BCUT2D eigenvalue weighted by Gasteiger charge is -2.09. The van der Waals surface area contributed by atoms with E-state index in [0.717, 1.165) is 28.5 Å². The summed E-state index contributed by atoms with van der Waals surface area (Å²) >= 11 is 0. The van der Waals surface area contributed by atoms with Crippen molar-refractivity contribution in [3.63, 3.8) is 0 Å². The van der Waals surface area contributed by atoms with Crippen LogP contribution >= 0.6 is 0 Å². The minimum Gasteiger partial charge on any atom is -0.322 e. The number of hydrogen-bond donors (Lipinski definition) is 1. The number of fused-ring (bicyclic) bond motifs is 1. The number of aromatic nitrogens is 1. The summed E-state index contributed by atoms with van der Waals surface area (Å²) in [6, 6.07) is 5.33. The molecule has 0 aliphatic heterocycles. The normalized spacial score (nSPS) is 10.6. The zero-order valence-corrected chi connectivity index (χ0v) is 12.3. The maximum absolute atomic E-state index is 11.7. The molecule has 0 unspecified atom stereocenters. The van der Waals surface area contributed by atoms with E-state index in [9.17, 15) is 9.59 Å². The lowest BCUT2D eigenvalue weighted by molar-refractivity contribution is 0.101. The third kappa shape index (κ3) is 2.87. The average Bonchev–Trinajstić information content (AvgIpc) is 2.35. The van der Waals surface area contributed by atoms with Crippen LogP contribution in [-0.4, -0.2) is 10.8 Å². The molecular weight excluding hydrogens is 250 g/mol. The second-order valence-corrected chi connectivity index (χ2v) is 5.41. The molecule has 2 rings (SSSR count). The van der Waals surface area contributed by atoms with Crippen molar-refractivity contribution in [3.05, 3.63) is 56.9 Å². The van der Waals surface area contributed by atoms with Crippen LogP contribution in [0.2, 0.25) is 0 Å². The third-order valence-electron chi connectivity index (χ3n) is 3.41. The zero-order chi connectivity index (χ0) is 14.9. The van der Waals surface area contributed by atoms with E-state index in [1.807, 2.05) is 19.1 Å². The van der Waals surface area contributed by atoms with Gasteiger partial charge in [-0.2, -0.15) is 0 Å². The number of allylic oxidation sites excluding steroid dienone is 2. The number of carbonyl (C=O) groups excluding carboxylic acids is 1. The van der Waals surface area contributed by atoms with E-state index in [-0.39, 0.29) is 11.3 Å². The zero-order valence-electron chi connectivity index (χ0n) is 12.3. The van der Waals surface area contributed by atoms with Gasteiger partial charge in [-0.05, 0) is 57.4 Å². The molecule has 104 valence electrons. The number of rotatable bonds is 3. The molecule has 3 nitrogen and oxygen atoms in total. The number of hydrogen-bond acceptors (Lipinski definition) is 2. The predicted octanol–water partition coefficient (Wildman–Crippen LogP) is 3.55. The Morgan fingerprint density at radius 2 is 1.90 bits per heavy atom. The molecule has 0 spiro atoms. The van der Waals surface area contributed by atoms with E-state index >= 15 is 0 Å². The Balaban J connectivity index is 2.68. The summed E-state index contributed by atoms with van der Waals surface area (Å²) in [6.45, 7) is 7.64. The highest BCUT2D eigenvalue weighted by Gasteiger charge is 2.10. The molecule has 0 atom stereocenters. The van der Waals surface area contributed by atoms with Crippen molar-refractivity contribution >= 4 is 16.7 Å². The van der Waals surface area contributed by atoms with Gasteiger partial charge < -0.3 is 4.98 Å². The average molecular weight is 269 g/mol. The van der Waals surface area contributed by atoms with Gasteiger partial charge in [0.15, 0.2) is 5.78 Å². The van der Waals surface area contributed by atoms with Gasteiger partial charge in [0, 0.05) is 22.5 Å². The summed E-state index contributed by atoms with van der Waals surface area (Å²) in [5.74, 6) is -0.0856. The molecule has 0 aliphatic rings. The Bertz CT molecular complexity index is 762. The molecule has 1 N–H and O–H groups in total. The number of ketones is 1. The van der Waals surface area contributed by atoms with Gasteiger partial charge in [0.25, 0.3) is 0 Å². The van der Waals surface area contributed by atoms with Crippen molar-refractivity contribution in [3.8, 4) is 0 Å². The van der Waals surface area contributed by atoms with Crippen molar-refractivity contribution in [1.82, 2.24) is 4.98 Å². The fourth-order valence-corrected chi connectivity index (χ4v) is 2.28. The number of pyridine rings is 1. The molecule has 0 saturated heterocycles. The van der Waals surface area contributed by atoms with Crippen LogP contribution in [0.4, 0.5) is 0 Å². The molecule has 1 aromatic carbocycles. The highest BCUT2D eigenvalue weighted by atomic mass is 16.1. The molecule has 2 aromatic rings. The monoisotopic (exact) mass is 269 g/mol. The Hall–Kier alpha value is -2.16. The maximum Gasteiger partial charge on any atom is 0.249 e. The van der Waals surface area contributed by atoms with Gasteiger partial charge >= 0.3 is 0 Å². The highest BCUT2D eigenvalue weighted by Crippen LogP contribution is 2.21. The topological polar surface area (TPSA) is 49.9 Å². The Kier molecular flexibility index (Phi) is 3.89. The van der Waals surface area contributed by atoms with Crippen LogP contribution < -0.4 is 5.56 Å². The van der Waals surface area contributed by atoms with Crippen LogP contribution in [0, 0.1) is 6.92 Å². The summed E-state index contributed by atoms with van der Waals surface area (Å²) in [5, 5.41) is 0.815. The van der Waals surface area contributed by atoms with Crippen LogP contribution in [0.5, 0.6) is 0 Å². The van der Waals surface area contributed by atoms with E-state index < -0.39 is 0 Å². The predicted molar refractivity (Wildman–Crippen MR) is 82.4 cm³/mol. The molecule has 1 aromatic heterocycles. The van der Waals surface area contributed by atoms with Gasteiger partial charge in [-0.3, -0.25) is 9.59 Å². The number of nitrogens with one attached hydrogen (secondary N) is 1. The van der Waals surface area contributed by atoms with E-state index in [0.29, 0.717) is 5.56 Å². The first-order valence-corrected chi connectivity index (χ1v) is 6.69. The first-order valence-electron chi connectivity index (χ1n) is 6.69. The van der Waals surface area contributed by atoms with Crippen LogP contribution in [0.1, 0.15) is 42.3 Å². The minimum atomic E-state index is -0.236. The molecule has 0 aliphatic carbocycles. The molecule has 0 saturated carbocycles. The fourth-order valence-electron chi connectivity index (χ4n) is 2.28. The minimum absolute atomic E-state index is 0.0856. The number of aryl methyl sites for hydroxylation is 1. The molecule has 1 heterocycles. The van der Waals surface area contributed by atoms with Crippen LogP contribution in [0.25, 0.3) is 10.9 Å². The molecule has 20 heavy (non-hydrogen) atoms. The fraction of sp³-hybridized carbons (Fsp3) is 0.294. The quantitative estimate of drug-likeness (QED) is 0.684. The van der Waals surface area contributed by atoms with Crippen molar-refractivity contribution in [1.29, 1.82) is 0 Å². The van der Waals surface area contributed by atoms with E-state index in [1.54, 1.807) is 0 Å². The maximum atomic E-state index is 11.7. The van der Waals surface area contributed by atoms with Crippen molar-refractivity contribution < 1.29 is 4.79 Å². The first-order chi connectivity index (χ1) is 9.38. The van der Waals surface area contributed by atoms with Gasteiger partial charge in [0.05, 0.1) is 0 Å². The van der Waals surface area contributed by atoms with Crippen LogP contribution in [0.15, 0.2) is 34.6 Å². The van der Waals surface area contributed by atoms with Crippen molar-refractivity contribution in [2.75, 3.05) is 0 Å². The number of H-pyrrole nitrogens is 1. The Morgan fingerprint density at radius 1 is 1.20 bits per heavy atom. The largest absolute Gasteiger partial charge is 0.322 e. The summed E-state index contributed by atoms with van der Waals surface area (Å²) in [6.07, 6.45) is 2.98. The first kappa shape index (κ1) is 14.3. The van der Waals surface area contributed by atoms with E-state index in [4.69, 9.17) is 0 Å². The summed E-state index contributed by atoms with van der Waals surface area (Å²) in [5.41, 5.74) is 4.53. The molecule has 3 heteroatoms. The standard InChI is InChI=1S/C17H19NO2/c1-10(2)5-6-13-8-16-15(7-11(13)3)14(12(4)19)9-17(20)18-16/h5,7-9H,6H2,1-4H3,(H,18,20). The van der Waals surface area contributed by atoms with Gasteiger partial charge in [-0.1, -0.05) is 11.6 Å². The smallest absolute Gasteiger partial charge is 0.249 e. The van der Waals surface area contributed by atoms with E-state index in [2.05, 4.69) is 24.9 Å². The Morgan fingerprint density at radius 3 is 2.50 bits per heavy atom. The van der Waals surface area contributed by atoms with Gasteiger partial charge in [-0.15, -0.1) is 0 Å². The SMILES string of the molecule is CC(=O)c1cc(=O)[nH]c2cc(CC=C(C)C)c(C)cc12. The second kappa shape index (κ2) is 5.45. The second-order valence-electron chi connectivity index (χ2n) is 5.41. The Labute approximate surface area is 118 Å². The molecule has 0 bridgehead atoms. The molecule has 0 radical (unpaired) electrons. The summed E-state index contributed by atoms with van der Waals surface area (Å²) < 4.78 is 0. The van der Waals surface area contributed by atoms with Gasteiger partial charge in [-0.25, -0.2) is 0 Å². The lowest BCUT2D eigenvalue weighted by Crippen LogP contribution is -2.09. The highest BCUT2D eigenvalue weighted by molar-refractivity contribution is 6.06. The van der Waals surface area contributed by atoms with Crippen LogP contribution in [-0.2, 0) is 6.42 Å². The van der Waals surface area contributed by atoms with Crippen molar-refractivity contribution in [2.24, 2.45) is 0 Å². The number of Topliss-reactive ketones (excluding diaryl/α,β-unsaturated/α-hetero) is 1. The number of benzene rings is 1. The van der Waals surface area contributed by atoms with Crippen molar-refractivity contribution in [2.45, 2.75) is 34.1 Å². The van der Waals surface area contributed by atoms with Crippen LogP contribution in [0.3, 0.4) is 0 Å². The lowest BCUT2D eigenvalue weighted by atomic mass is 9.98.